The predicted octanol–water partition coefficient (Wildman–Crippen LogP) is 0.660. The summed E-state index contributed by atoms with van der Waals surface area (Å²) in [6, 6.07) is 1.69. The number of carbonyl (C=O) groups is 1. The lowest BCUT2D eigenvalue weighted by Gasteiger charge is -2.00. The van der Waals surface area contributed by atoms with Gasteiger partial charge in [0.1, 0.15) is 5.82 Å². The van der Waals surface area contributed by atoms with E-state index in [1.54, 1.807) is 24.9 Å². The first-order valence-corrected chi connectivity index (χ1v) is 5.00. The highest BCUT2D eigenvalue weighted by molar-refractivity contribution is 5.84. The first kappa shape index (κ1) is 11.8. The van der Waals surface area contributed by atoms with Crippen LogP contribution in [0, 0.1) is 0 Å². The minimum atomic E-state index is -1.12. The van der Waals surface area contributed by atoms with Gasteiger partial charge in [-0.05, 0) is 0 Å². The number of aryl methyl sites for hydroxylation is 1. The lowest BCUT2D eigenvalue weighted by molar-refractivity contribution is 0.0690. The average Bonchev–Trinajstić information content (AvgIpc) is 2.70. The first-order chi connectivity index (χ1) is 8.60. The number of rotatable bonds is 4. The standard InChI is InChI=1S/C10H11N5O3/c1-15-9(18-2)3-7(14-15)13-8-5-11-6(4-12-8)10(16)17/h3-5H,1-2H3,(H,16,17)(H,12,13,14). The third-order valence-corrected chi connectivity index (χ3v) is 2.17. The van der Waals surface area contributed by atoms with Gasteiger partial charge in [-0.1, -0.05) is 0 Å². The highest BCUT2D eigenvalue weighted by Gasteiger charge is 2.08. The van der Waals surface area contributed by atoms with Crippen molar-refractivity contribution in [3.63, 3.8) is 0 Å². The van der Waals surface area contributed by atoms with E-state index >= 15 is 0 Å². The number of carboxylic acids is 1. The quantitative estimate of drug-likeness (QED) is 0.820. The first-order valence-electron chi connectivity index (χ1n) is 5.00. The number of aromatic nitrogens is 4. The van der Waals surface area contributed by atoms with Crippen LogP contribution in [0.25, 0.3) is 0 Å². The second-order valence-electron chi connectivity index (χ2n) is 3.41. The van der Waals surface area contributed by atoms with Gasteiger partial charge in [0.2, 0.25) is 5.88 Å². The number of methoxy groups -OCH3 is 1. The summed E-state index contributed by atoms with van der Waals surface area (Å²) in [6.07, 6.45) is 2.50. The number of nitrogens with one attached hydrogen (secondary N) is 1. The van der Waals surface area contributed by atoms with Crippen molar-refractivity contribution >= 4 is 17.6 Å². The molecule has 8 nitrogen and oxygen atoms in total. The largest absolute Gasteiger partial charge is 0.481 e. The summed E-state index contributed by atoms with van der Waals surface area (Å²) >= 11 is 0. The van der Waals surface area contributed by atoms with Gasteiger partial charge in [-0.3, -0.25) is 0 Å². The molecule has 0 unspecified atom stereocenters. The molecule has 2 aromatic heterocycles. The number of aromatic carboxylic acids is 1. The van der Waals surface area contributed by atoms with Gasteiger partial charge in [-0.2, -0.15) is 5.10 Å². The van der Waals surface area contributed by atoms with Crippen LogP contribution in [0.2, 0.25) is 0 Å². The smallest absolute Gasteiger partial charge is 0.356 e. The number of ether oxygens (including phenoxy) is 1. The van der Waals surface area contributed by atoms with Gasteiger partial charge < -0.3 is 15.2 Å². The van der Waals surface area contributed by atoms with E-state index in [1.807, 2.05) is 0 Å². The number of carboxylic acid groups (broad SMARTS) is 1. The summed E-state index contributed by atoms with van der Waals surface area (Å²) in [7, 11) is 3.28. The van der Waals surface area contributed by atoms with Crippen LogP contribution < -0.4 is 10.1 Å². The summed E-state index contributed by atoms with van der Waals surface area (Å²) in [5, 5.41) is 15.7. The van der Waals surface area contributed by atoms with Crippen LogP contribution in [0.4, 0.5) is 11.6 Å². The molecule has 94 valence electrons. The molecule has 0 saturated heterocycles. The van der Waals surface area contributed by atoms with Crippen molar-refractivity contribution < 1.29 is 14.6 Å². The molecule has 8 heteroatoms. The van der Waals surface area contributed by atoms with Crippen molar-refractivity contribution in [1.82, 2.24) is 19.7 Å². The molecule has 0 aliphatic heterocycles. The molecule has 0 bridgehead atoms. The lowest BCUT2D eigenvalue weighted by atomic mass is 10.4. The number of hydrogen-bond acceptors (Lipinski definition) is 6. The van der Waals surface area contributed by atoms with Gasteiger partial charge in [0.15, 0.2) is 11.5 Å². The van der Waals surface area contributed by atoms with Crippen molar-refractivity contribution in [2.75, 3.05) is 12.4 Å². The summed E-state index contributed by atoms with van der Waals surface area (Å²) in [6.45, 7) is 0. The van der Waals surface area contributed by atoms with Crippen LogP contribution in [0.5, 0.6) is 5.88 Å². The van der Waals surface area contributed by atoms with Crippen LogP contribution in [-0.4, -0.2) is 37.9 Å². The Labute approximate surface area is 102 Å². The number of nitrogens with zero attached hydrogens (tertiary/aromatic N) is 4. The predicted molar refractivity (Wildman–Crippen MR) is 62.0 cm³/mol. The Balaban J connectivity index is 2.15. The fourth-order valence-electron chi connectivity index (χ4n) is 1.34. The van der Waals surface area contributed by atoms with E-state index in [4.69, 9.17) is 9.84 Å². The Morgan fingerprint density at radius 3 is 2.67 bits per heavy atom. The number of hydrogen-bond donors (Lipinski definition) is 2. The Morgan fingerprint density at radius 2 is 2.17 bits per heavy atom. The Hall–Kier alpha value is -2.64. The number of anilines is 2. The fraction of sp³-hybridized carbons (Fsp3) is 0.200. The molecule has 0 spiro atoms. The average molecular weight is 249 g/mol. The van der Waals surface area contributed by atoms with Crippen LogP contribution in [0.1, 0.15) is 10.5 Å². The normalized spacial score (nSPS) is 10.1. The van der Waals surface area contributed by atoms with Gasteiger partial charge in [0.05, 0.1) is 19.5 Å². The van der Waals surface area contributed by atoms with Gasteiger partial charge in [-0.25, -0.2) is 19.4 Å². The van der Waals surface area contributed by atoms with Crippen LogP contribution in [0.15, 0.2) is 18.5 Å². The van der Waals surface area contributed by atoms with E-state index in [1.165, 1.54) is 12.4 Å². The maximum Gasteiger partial charge on any atom is 0.356 e. The van der Waals surface area contributed by atoms with Crippen molar-refractivity contribution in [3.05, 3.63) is 24.2 Å². The summed E-state index contributed by atoms with van der Waals surface area (Å²) in [5.74, 6) is 0.411. The van der Waals surface area contributed by atoms with Gasteiger partial charge in [-0.15, -0.1) is 0 Å². The summed E-state index contributed by atoms with van der Waals surface area (Å²) in [4.78, 5) is 18.3. The van der Waals surface area contributed by atoms with E-state index in [0.717, 1.165) is 0 Å². The minimum absolute atomic E-state index is 0.112. The molecular weight excluding hydrogens is 238 g/mol. The monoisotopic (exact) mass is 249 g/mol. The third kappa shape index (κ3) is 2.37. The maximum absolute atomic E-state index is 10.6. The Morgan fingerprint density at radius 1 is 1.39 bits per heavy atom. The SMILES string of the molecule is COc1cc(Nc2cnc(C(=O)O)cn2)nn1C. The molecule has 2 rings (SSSR count). The molecule has 0 aromatic carbocycles. The zero-order valence-corrected chi connectivity index (χ0v) is 9.78. The van der Waals surface area contributed by atoms with E-state index in [9.17, 15) is 4.79 Å². The molecule has 0 saturated carbocycles. The van der Waals surface area contributed by atoms with E-state index in [-0.39, 0.29) is 5.69 Å². The van der Waals surface area contributed by atoms with Crippen molar-refractivity contribution in [2.45, 2.75) is 0 Å². The molecule has 0 aliphatic carbocycles. The molecule has 0 aliphatic rings. The zero-order chi connectivity index (χ0) is 13.1. The van der Waals surface area contributed by atoms with E-state index in [2.05, 4.69) is 20.4 Å². The highest BCUT2D eigenvalue weighted by Crippen LogP contribution is 2.18. The summed E-state index contributed by atoms with van der Waals surface area (Å²) in [5.41, 5.74) is -0.112. The second-order valence-corrected chi connectivity index (χ2v) is 3.41. The molecule has 0 atom stereocenters. The third-order valence-electron chi connectivity index (χ3n) is 2.17. The van der Waals surface area contributed by atoms with Crippen molar-refractivity contribution in [2.24, 2.45) is 7.05 Å². The summed E-state index contributed by atoms with van der Waals surface area (Å²) < 4.78 is 6.62. The molecule has 18 heavy (non-hydrogen) atoms. The van der Waals surface area contributed by atoms with Gasteiger partial charge in [0.25, 0.3) is 0 Å². The van der Waals surface area contributed by atoms with Crippen molar-refractivity contribution in [3.8, 4) is 5.88 Å². The van der Waals surface area contributed by atoms with Crippen LogP contribution in [0.3, 0.4) is 0 Å². The molecular formula is C10H11N5O3. The molecule has 0 fully saturated rings. The maximum atomic E-state index is 10.6. The molecule has 2 heterocycles. The Bertz CT molecular complexity index is 563. The topological polar surface area (TPSA) is 102 Å². The van der Waals surface area contributed by atoms with Crippen LogP contribution in [-0.2, 0) is 7.05 Å². The Kier molecular flexibility index (Phi) is 3.09. The van der Waals surface area contributed by atoms with E-state index in [0.29, 0.717) is 17.5 Å². The molecule has 2 aromatic rings. The molecule has 2 N–H and O–H groups in total. The molecule has 0 radical (unpaired) electrons. The highest BCUT2D eigenvalue weighted by atomic mass is 16.5. The fourth-order valence-corrected chi connectivity index (χ4v) is 1.34. The van der Waals surface area contributed by atoms with Gasteiger partial charge in [0, 0.05) is 13.1 Å². The molecule has 0 amide bonds. The van der Waals surface area contributed by atoms with E-state index < -0.39 is 5.97 Å². The van der Waals surface area contributed by atoms with Crippen molar-refractivity contribution in [1.29, 1.82) is 0 Å². The minimum Gasteiger partial charge on any atom is -0.481 e. The second kappa shape index (κ2) is 4.70. The lowest BCUT2D eigenvalue weighted by Crippen LogP contribution is -2.03. The van der Waals surface area contributed by atoms with Gasteiger partial charge >= 0.3 is 5.97 Å². The van der Waals surface area contributed by atoms with Crippen LogP contribution >= 0.6 is 0 Å². The zero-order valence-electron chi connectivity index (χ0n) is 9.78.